The third-order valence-corrected chi connectivity index (χ3v) is 13.7. The lowest BCUT2D eigenvalue weighted by atomic mass is 9.43. The van der Waals surface area contributed by atoms with Crippen LogP contribution in [0.3, 0.4) is 0 Å². The Balaban J connectivity index is 1.03. The highest BCUT2D eigenvalue weighted by Crippen LogP contribution is 2.68. The summed E-state index contributed by atoms with van der Waals surface area (Å²) in [7, 11) is 0. The molecular weight excluding hydrogens is 560 g/mol. The van der Waals surface area contributed by atoms with Gasteiger partial charge in [-0.1, -0.05) is 63.3 Å². The molecule has 1 heterocycles. The number of esters is 1. The van der Waals surface area contributed by atoms with Crippen LogP contribution >= 0.6 is 0 Å². The molecule has 0 radical (unpaired) electrons. The fourth-order valence-electron chi connectivity index (χ4n) is 11.3. The van der Waals surface area contributed by atoms with Gasteiger partial charge in [-0.15, -0.1) is 0 Å². The highest BCUT2D eigenvalue weighted by Gasteiger charge is 2.63. The monoisotopic (exact) mass is 618 g/mol. The third kappa shape index (κ3) is 6.66. The first-order chi connectivity index (χ1) is 21.6. The first-order valence-corrected chi connectivity index (χ1v) is 18.2. The van der Waals surface area contributed by atoms with E-state index in [1.807, 2.05) is 6.07 Å². The summed E-state index contributed by atoms with van der Waals surface area (Å²) in [5.74, 6) is 3.27. The first-order valence-electron chi connectivity index (χ1n) is 18.2. The minimum absolute atomic E-state index is 0.0244. The van der Waals surface area contributed by atoms with Gasteiger partial charge in [-0.3, -0.25) is 14.5 Å². The van der Waals surface area contributed by atoms with Gasteiger partial charge in [0.25, 0.3) is 0 Å². The maximum absolute atomic E-state index is 13.3. The lowest BCUT2D eigenvalue weighted by molar-refractivity contribution is -0.194. The van der Waals surface area contributed by atoms with Crippen LogP contribution in [0.4, 0.5) is 0 Å². The predicted octanol–water partition coefficient (Wildman–Crippen LogP) is 6.82. The molecule has 0 aromatic heterocycles. The number of carbonyl (C=O) groups is 2. The van der Waals surface area contributed by atoms with Gasteiger partial charge in [0.2, 0.25) is 5.91 Å². The molecule has 10 atom stereocenters. The highest BCUT2D eigenvalue weighted by molar-refractivity contribution is 5.76. The normalized spacial score (nSPS) is 39.1. The van der Waals surface area contributed by atoms with Crippen molar-refractivity contribution >= 4 is 18.0 Å². The lowest BCUT2D eigenvalue weighted by Crippen LogP contribution is -2.59. The molecule has 1 N–H and O–H groups in total. The van der Waals surface area contributed by atoms with Crippen molar-refractivity contribution in [3.8, 4) is 0 Å². The van der Waals surface area contributed by atoms with Crippen molar-refractivity contribution in [2.75, 3.05) is 32.7 Å². The van der Waals surface area contributed by atoms with E-state index in [0.717, 1.165) is 64.8 Å². The van der Waals surface area contributed by atoms with E-state index in [4.69, 9.17) is 4.74 Å². The van der Waals surface area contributed by atoms with E-state index < -0.39 is 0 Å². The van der Waals surface area contributed by atoms with E-state index in [1.54, 1.807) is 6.92 Å². The van der Waals surface area contributed by atoms with Gasteiger partial charge in [0, 0.05) is 52.0 Å². The van der Waals surface area contributed by atoms with Crippen LogP contribution in [0.2, 0.25) is 0 Å². The van der Waals surface area contributed by atoms with Gasteiger partial charge in [0.1, 0.15) is 6.10 Å². The van der Waals surface area contributed by atoms with Crippen LogP contribution in [-0.2, 0) is 14.3 Å². The van der Waals surface area contributed by atoms with E-state index in [-0.39, 0.29) is 29.0 Å². The zero-order valence-electron chi connectivity index (χ0n) is 28.3. The quantitative estimate of drug-likeness (QED) is 0.324. The van der Waals surface area contributed by atoms with Gasteiger partial charge in [0.05, 0.1) is 6.10 Å². The molecule has 6 rings (SSSR count). The number of ether oxygens (including phenoxy) is 1. The Hall–Kier alpha value is -2.18. The number of nitrogens with zero attached hydrogens (tertiary/aromatic N) is 2. The van der Waals surface area contributed by atoms with Gasteiger partial charge in [-0.05, 0) is 104 Å². The molecule has 4 saturated carbocycles. The van der Waals surface area contributed by atoms with Gasteiger partial charge >= 0.3 is 5.97 Å². The molecule has 6 nitrogen and oxygen atoms in total. The van der Waals surface area contributed by atoms with E-state index in [2.05, 4.69) is 67.0 Å². The average molecular weight is 619 g/mol. The number of hydrogen-bond donors (Lipinski definition) is 1. The molecule has 248 valence electrons. The zero-order valence-corrected chi connectivity index (χ0v) is 28.3. The summed E-state index contributed by atoms with van der Waals surface area (Å²) < 4.78 is 6.16. The average Bonchev–Trinajstić information content (AvgIpc) is 3.38. The molecule has 1 aromatic carbocycles. The number of hydrogen-bond acceptors (Lipinski definition) is 5. The Labute approximate surface area is 272 Å². The molecule has 45 heavy (non-hydrogen) atoms. The van der Waals surface area contributed by atoms with Crippen molar-refractivity contribution in [2.24, 2.45) is 46.3 Å². The standard InChI is InChI=1S/C39H58N2O4/c1-27(12-15-36(44)41-23-21-40(22-24-41)20-8-11-29-9-6-5-7-10-29)32-13-14-33-37-34(17-19-39(32,33)4)38(3)18-16-31(43)25-30(38)26-35(37)45-28(2)42/h5-11,27,30-35,37,43H,12-26H2,1-4H3/t27-,30?,31-,32?,33?,34?,35+,37?,38+,39-/m1/s1. The Morgan fingerprint density at radius 3 is 2.42 bits per heavy atom. The number of rotatable bonds is 8. The SMILES string of the molecule is CC(=O)O[C@H]1CC2C[C@H](O)CC[C@]2(C)C2CC[C@@]3(C)C(CCC3[C@H](C)CCC(=O)N3CCN(CC=Cc4ccccc4)CC3)C21. The Morgan fingerprint density at radius 1 is 0.978 bits per heavy atom. The molecular formula is C39H58N2O4. The fourth-order valence-corrected chi connectivity index (χ4v) is 11.3. The molecule has 0 bridgehead atoms. The van der Waals surface area contributed by atoms with Crippen LogP contribution in [0, 0.1) is 46.3 Å². The van der Waals surface area contributed by atoms with Crippen LogP contribution in [0.5, 0.6) is 0 Å². The van der Waals surface area contributed by atoms with Crippen LogP contribution in [0.1, 0.15) is 97.5 Å². The van der Waals surface area contributed by atoms with E-state index in [9.17, 15) is 14.7 Å². The smallest absolute Gasteiger partial charge is 0.302 e. The summed E-state index contributed by atoms with van der Waals surface area (Å²) in [5.41, 5.74) is 1.70. The fraction of sp³-hybridized carbons (Fsp3) is 0.744. The summed E-state index contributed by atoms with van der Waals surface area (Å²) in [6.45, 7) is 13.5. The summed E-state index contributed by atoms with van der Waals surface area (Å²) in [4.78, 5) is 30.2. The molecule has 1 aliphatic heterocycles. The Morgan fingerprint density at radius 2 is 1.69 bits per heavy atom. The van der Waals surface area contributed by atoms with E-state index in [0.29, 0.717) is 47.8 Å². The van der Waals surface area contributed by atoms with Crippen molar-refractivity contribution in [1.29, 1.82) is 0 Å². The lowest BCUT2D eigenvalue weighted by Gasteiger charge is -2.62. The molecule has 1 aromatic rings. The second kappa shape index (κ2) is 13.5. The second-order valence-electron chi connectivity index (χ2n) is 16.0. The number of aliphatic hydroxyl groups excluding tert-OH is 1. The molecule has 5 unspecified atom stereocenters. The molecule has 1 amide bonds. The van der Waals surface area contributed by atoms with Crippen LogP contribution in [-0.4, -0.2) is 71.7 Å². The topological polar surface area (TPSA) is 70.1 Å². The van der Waals surface area contributed by atoms with Crippen molar-refractivity contribution in [2.45, 2.75) is 104 Å². The molecule has 4 aliphatic carbocycles. The molecule has 6 heteroatoms. The molecule has 1 saturated heterocycles. The van der Waals surface area contributed by atoms with Gasteiger partial charge in [-0.2, -0.15) is 0 Å². The number of piperazine rings is 1. The number of carbonyl (C=O) groups excluding carboxylic acids is 2. The Kier molecular flexibility index (Phi) is 9.83. The van der Waals surface area contributed by atoms with E-state index >= 15 is 0 Å². The number of aliphatic hydroxyl groups is 1. The minimum Gasteiger partial charge on any atom is -0.462 e. The van der Waals surface area contributed by atoms with Crippen LogP contribution in [0.25, 0.3) is 6.08 Å². The molecule has 5 aliphatic rings. The maximum atomic E-state index is 13.3. The van der Waals surface area contributed by atoms with Crippen LogP contribution < -0.4 is 0 Å². The minimum atomic E-state index is -0.211. The van der Waals surface area contributed by atoms with Crippen molar-refractivity contribution in [1.82, 2.24) is 9.80 Å². The van der Waals surface area contributed by atoms with E-state index in [1.165, 1.54) is 31.2 Å². The Bertz CT molecular complexity index is 1210. The molecule has 5 fully saturated rings. The summed E-state index contributed by atoms with van der Waals surface area (Å²) >= 11 is 0. The number of benzene rings is 1. The van der Waals surface area contributed by atoms with Crippen molar-refractivity contribution in [3.63, 3.8) is 0 Å². The summed E-state index contributed by atoms with van der Waals surface area (Å²) in [6.07, 6.45) is 14.4. The summed E-state index contributed by atoms with van der Waals surface area (Å²) in [5, 5.41) is 10.5. The van der Waals surface area contributed by atoms with Crippen molar-refractivity contribution in [3.05, 3.63) is 42.0 Å². The third-order valence-electron chi connectivity index (χ3n) is 13.7. The second-order valence-corrected chi connectivity index (χ2v) is 16.0. The number of fused-ring (bicyclic) bond motifs is 5. The van der Waals surface area contributed by atoms with Gasteiger partial charge in [-0.25, -0.2) is 0 Å². The summed E-state index contributed by atoms with van der Waals surface area (Å²) in [6, 6.07) is 10.4. The number of amides is 1. The van der Waals surface area contributed by atoms with Crippen molar-refractivity contribution < 1.29 is 19.4 Å². The highest BCUT2D eigenvalue weighted by atomic mass is 16.5. The molecule has 0 spiro atoms. The maximum Gasteiger partial charge on any atom is 0.302 e. The predicted molar refractivity (Wildman–Crippen MR) is 179 cm³/mol. The van der Waals surface area contributed by atoms with Crippen LogP contribution in [0.15, 0.2) is 36.4 Å². The largest absolute Gasteiger partial charge is 0.462 e. The van der Waals surface area contributed by atoms with Gasteiger partial charge < -0.3 is 14.7 Å². The zero-order chi connectivity index (χ0) is 31.8. The van der Waals surface area contributed by atoms with Gasteiger partial charge in [0.15, 0.2) is 0 Å². The first kappa shape index (κ1) is 32.7.